The number of rotatable bonds is 3. The molecule has 17 heavy (non-hydrogen) atoms. The summed E-state index contributed by atoms with van der Waals surface area (Å²) in [7, 11) is 1.39. The van der Waals surface area contributed by atoms with Crippen LogP contribution in [-0.2, 0) is 0 Å². The van der Waals surface area contributed by atoms with E-state index < -0.39 is 18.8 Å². The second-order valence-corrected chi connectivity index (χ2v) is 4.27. The third-order valence-corrected chi connectivity index (χ3v) is 2.72. The Bertz CT molecular complexity index is 390. The molecule has 0 heterocycles. The number of aromatic hydroxyl groups is 1. The summed E-state index contributed by atoms with van der Waals surface area (Å²) in [6, 6.07) is 4.43. The zero-order valence-electron chi connectivity index (χ0n) is 10.0. The Kier molecular flexibility index (Phi) is 4.03. The van der Waals surface area contributed by atoms with E-state index in [0.717, 1.165) is 10.5 Å². The molecule has 96 valence electrons. The molecule has 1 unspecified atom stereocenters. The number of halogens is 3. The van der Waals surface area contributed by atoms with Gasteiger partial charge in [-0.2, -0.15) is 13.2 Å². The molecule has 1 N–H and O–H groups in total. The molecule has 0 bridgehead atoms. The van der Waals surface area contributed by atoms with E-state index in [1.54, 1.807) is 19.1 Å². The molecular formula is C12H16F3NO. The average Bonchev–Trinajstić information content (AvgIpc) is 2.18. The van der Waals surface area contributed by atoms with Crippen molar-refractivity contribution in [2.75, 3.05) is 13.6 Å². The van der Waals surface area contributed by atoms with Crippen molar-refractivity contribution in [2.45, 2.75) is 26.1 Å². The largest absolute Gasteiger partial charge is 0.508 e. The van der Waals surface area contributed by atoms with Gasteiger partial charge in [0.1, 0.15) is 5.75 Å². The van der Waals surface area contributed by atoms with Crippen LogP contribution in [0.1, 0.15) is 24.1 Å². The average molecular weight is 247 g/mol. The van der Waals surface area contributed by atoms with Gasteiger partial charge in [-0.15, -0.1) is 0 Å². The van der Waals surface area contributed by atoms with Gasteiger partial charge in [0.15, 0.2) is 0 Å². The van der Waals surface area contributed by atoms with E-state index in [4.69, 9.17) is 0 Å². The minimum absolute atomic E-state index is 0.0251. The number of hydrogen-bond acceptors (Lipinski definition) is 2. The Labute approximate surface area is 98.7 Å². The van der Waals surface area contributed by atoms with Crippen LogP contribution in [0.4, 0.5) is 13.2 Å². The summed E-state index contributed by atoms with van der Waals surface area (Å²) in [5.41, 5.74) is 1.42. The highest BCUT2D eigenvalue weighted by atomic mass is 19.4. The first-order chi connectivity index (χ1) is 7.70. The fraction of sp³-hybridized carbons (Fsp3) is 0.500. The Morgan fingerprint density at radius 3 is 2.47 bits per heavy atom. The van der Waals surface area contributed by atoms with Gasteiger partial charge < -0.3 is 5.11 Å². The lowest BCUT2D eigenvalue weighted by Gasteiger charge is -2.26. The molecule has 0 fully saturated rings. The highest BCUT2D eigenvalue weighted by molar-refractivity contribution is 5.37. The van der Waals surface area contributed by atoms with Gasteiger partial charge in [-0.1, -0.05) is 17.7 Å². The highest BCUT2D eigenvalue weighted by Crippen LogP contribution is 2.30. The maximum Gasteiger partial charge on any atom is 0.401 e. The van der Waals surface area contributed by atoms with Crippen molar-refractivity contribution in [3.8, 4) is 5.75 Å². The first kappa shape index (κ1) is 13.8. The van der Waals surface area contributed by atoms with Crippen LogP contribution < -0.4 is 0 Å². The Hall–Kier alpha value is -1.23. The van der Waals surface area contributed by atoms with E-state index >= 15 is 0 Å². The molecule has 0 saturated heterocycles. The molecule has 0 aliphatic carbocycles. The van der Waals surface area contributed by atoms with E-state index in [-0.39, 0.29) is 5.75 Å². The number of phenols is 1. The minimum Gasteiger partial charge on any atom is -0.508 e. The van der Waals surface area contributed by atoms with Crippen LogP contribution in [0.25, 0.3) is 0 Å². The first-order valence-corrected chi connectivity index (χ1v) is 5.27. The molecule has 5 heteroatoms. The van der Waals surface area contributed by atoms with Crippen LogP contribution in [0.3, 0.4) is 0 Å². The van der Waals surface area contributed by atoms with Gasteiger partial charge in [-0.05, 0) is 27.0 Å². The molecule has 0 aliphatic heterocycles. The van der Waals surface area contributed by atoms with E-state index in [9.17, 15) is 18.3 Å². The van der Waals surface area contributed by atoms with Gasteiger partial charge in [0.2, 0.25) is 0 Å². The maximum absolute atomic E-state index is 12.3. The number of aryl methyl sites for hydroxylation is 1. The third kappa shape index (κ3) is 3.93. The van der Waals surface area contributed by atoms with Gasteiger partial charge in [0, 0.05) is 11.6 Å². The molecule has 0 saturated carbocycles. The second kappa shape index (κ2) is 4.96. The molecular weight excluding hydrogens is 231 g/mol. The van der Waals surface area contributed by atoms with Gasteiger partial charge in [0.25, 0.3) is 0 Å². The summed E-state index contributed by atoms with van der Waals surface area (Å²) >= 11 is 0. The molecule has 1 atom stereocenters. The SMILES string of the molecule is Cc1ccc(O)c(C(C)N(C)CC(F)(F)F)c1. The van der Waals surface area contributed by atoms with Crippen LogP contribution in [0.15, 0.2) is 18.2 Å². The summed E-state index contributed by atoms with van der Waals surface area (Å²) < 4.78 is 36.8. The molecule has 0 aromatic heterocycles. The Balaban J connectivity index is 2.88. The second-order valence-electron chi connectivity index (χ2n) is 4.27. The Morgan fingerprint density at radius 2 is 1.94 bits per heavy atom. The normalized spacial score (nSPS) is 14.1. The minimum atomic E-state index is -4.23. The van der Waals surface area contributed by atoms with Crippen molar-refractivity contribution in [2.24, 2.45) is 0 Å². The van der Waals surface area contributed by atoms with Gasteiger partial charge in [-0.25, -0.2) is 0 Å². The molecule has 1 aromatic carbocycles. The summed E-state index contributed by atoms with van der Waals surface area (Å²) in [6.07, 6.45) is -4.23. The molecule has 0 amide bonds. The smallest absolute Gasteiger partial charge is 0.401 e. The fourth-order valence-electron chi connectivity index (χ4n) is 1.67. The maximum atomic E-state index is 12.3. The highest BCUT2D eigenvalue weighted by Gasteiger charge is 2.31. The van der Waals surface area contributed by atoms with Gasteiger partial charge >= 0.3 is 6.18 Å². The topological polar surface area (TPSA) is 23.5 Å². The molecule has 1 rings (SSSR count). The lowest BCUT2D eigenvalue weighted by molar-refractivity contribution is -0.147. The third-order valence-electron chi connectivity index (χ3n) is 2.72. The van der Waals surface area contributed by atoms with Crippen LogP contribution in [-0.4, -0.2) is 29.8 Å². The molecule has 0 aliphatic rings. The zero-order valence-corrected chi connectivity index (χ0v) is 10.0. The Morgan fingerprint density at radius 1 is 1.35 bits per heavy atom. The first-order valence-electron chi connectivity index (χ1n) is 5.27. The van der Waals surface area contributed by atoms with E-state index in [1.165, 1.54) is 13.1 Å². The standard InChI is InChI=1S/C12H16F3NO/c1-8-4-5-11(17)10(6-8)9(2)16(3)7-12(13,14)15/h4-6,9,17H,7H2,1-3H3. The van der Waals surface area contributed by atoms with Crippen molar-refractivity contribution in [3.63, 3.8) is 0 Å². The number of alkyl halides is 3. The fourth-order valence-corrected chi connectivity index (χ4v) is 1.67. The van der Waals surface area contributed by atoms with E-state index in [0.29, 0.717) is 5.56 Å². The predicted octanol–water partition coefficient (Wildman–Crippen LogP) is 3.26. The van der Waals surface area contributed by atoms with Crippen molar-refractivity contribution < 1.29 is 18.3 Å². The summed E-state index contributed by atoms with van der Waals surface area (Å²) in [4.78, 5) is 1.16. The molecule has 0 spiro atoms. The zero-order chi connectivity index (χ0) is 13.2. The number of phenolic OH excluding ortho intramolecular Hbond substituents is 1. The van der Waals surface area contributed by atoms with Crippen LogP contribution in [0, 0.1) is 6.92 Å². The van der Waals surface area contributed by atoms with Crippen molar-refractivity contribution >= 4 is 0 Å². The number of benzene rings is 1. The van der Waals surface area contributed by atoms with Gasteiger partial charge in [-0.3, -0.25) is 4.90 Å². The monoisotopic (exact) mass is 247 g/mol. The van der Waals surface area contributed by atoms with Crippen LogP contribution >= 0.6 is 0 Å². The lowest BCUT2D eigenvalue weighted by Crippen LogP contribution is -2.33. The summed E-state index contributed by atoms with van der Waals surface area (Å²) in [5.74, 6) is 0.0251. The van der Waals surface area contributed by atoms with Crippen molar-refractivity contribution in [1.82, 2.24) is 4.90 Å². The number of nitrogens with zero attached hydrogens (tertiary/aromatic N) is 1. The van der Waals surface area contributed by atoms with Crippen molar-refractivity contribution in [1.29, 1.82) is 0 Å². The number of hydrogen-bond donors (Lipinski definition) is 1. The van der Waals surface area contributed by atoms with Crippen molar-refractivity contribution in [3.05, 3.63) is 29.3 Å². The van der Waals surface area contributed by atoms with Gasteiger partial charge in [0.05, 0.1) is 6.54 Å². The predicted molar refractivity (Wildman–Crippen MR) is 59.9 cm³/mol. The molecule has 1 aromatic rings. The molecule has 2 nitrogen and oxygen atoms in total. The summed E-state index contributed by atoms with van der Waals surface area (Å²) in [5, 5.41) is 9.64. The van der Waals surface area contributed by atoms with E-state index in [1.807, 2.05) is 6.92 Å². The van der Waals surface area contributed by atoms with E-state index in [2.05, 4.69) is 0 Å². The van der Waals surface area contributed by atoms with Crippen LogP contribution in [0.2, 0.25) is 0 Å². The quantitative estimate of drug-likeness (QED) is 0.886. The lowest BCUT2D eigenvalue weighted by atomic mass is 10.0. The van der Waals surface area contributed by atoms with Crippen LogP contribution in [0.5, 0.6) is 5.75 Å². The summed E-state index contributed by atoms with van der Waals surface area (Å²) in [6.45, 7) is 2.47. The molecule has 0 radical (unpaired) electrons.